The van der Waals surface area contributed by atoms with E-state index in [0.29, 0.717) is 32.8 Å². The highest BCUT2D eigenvalue weighted by Gasteiger charge is 2.19. The molecule has 0 aliphatic carbocycles. The van der Waals surface area contributed by atoms with E-state index in [1.165, 1.54) is 11.8 Å². The lowest BCUT2D eigenvalue weighted by molar-refractivity contribution is 0.460. The van der Waals surface area contributed by atoms with Gasteiger partial charge in [0.15, 0.2) is 5.16 Å². The van der Waals surface area contributed by atoms with Gasteiger partial charge in [-0.3, -0.25) is 9.97 Å². The second-order valence-electron chi connectivity index (χ2n) is 5.39. The number of nitrogens with one attached hydrogen (secondary N) is 1. The average Bonchev–Trinajstić information content (AvgIpc) is 2.99. The van der Waals surface area contributed by atoms with Crippen LogP contribution < -0.4 is 4.74 Å². The van der Waals surface area contributed by atoms with E-state index in [1.54, 1.807) is 30.9 Å². The minimum atomic E-state index is 0.398. The van der Waals surface area contributed by atoms with Gasteiger partial charge in [-0.1, -0.05) is 18.5 Å². The summed E-state index contributed by atoms with van der Waals surface area (Å²) in [5.41, 5.74) is 1.54. The SMILES string of the molecule is CCc1[nH]c2nc(Sc3cccnc3)nc(Oc3cccnc3)c2c1Cl. The topological polar surface area (TPSA) is 76.6 Å². The molecule has 0 aliphatic rings. The highest BCUT2D eigenvalue weighted by Crippen LogP contribution is 2.37. The second-order valence-corrected chi connectivity index (χ2v) is 6.81. The summed E-state index contributed by atoms with van der Waals surface area (Å²) in [4.78, 5) is 21.5. The van der Waals surface area contributed by atoms with E-state index in [9.17, 15) is 0 Å². The molecule has 4 aromatic heterocycles. The normalized spacial score (nSPS) is 11.0. The molecule has 0 aliphatic heterocycles. The Balaban J connectivity index is 1.81. The second kappa shape index (κ2) is 7.31. The number of fused-ring (bicyclic) bond motifs is 1. The molecule has 4 heterocycles. The Bertz CT molecular complexity index is 1040. The molecule has 4 aromatic rings. The number of H-pyrrole nitrogens is 1. The van der Waals surface area contributed by atoms with E-state index in [-0.39, 0.29) is 0 Å². The number of aromatic nitrogens is 5. The molecule has 1 N–H and O–H groups in total. The van der Waals surface area contributed by atoms with Crippen molar-refractivity contribution in [1.82, 2.24) is 24.9 Å². The lowest BCUT2D eigenvalue weighted by Crippen LogP contribution is -1.94. The van der Waals surface area contributed by atoms with E-state index in [2.05, 4.69) is 24.9 Å². The number of ether oxygens (including phenoxy) is 1. The summed E-state index contributed by atoms with van der Waals surface area (Å²) in [5, 5.41) is 1.80. The van der Waals surface area contributed by atoms with Gasteiger partial charge in [0.05, 0.1) is 11.2 Å². The third kappa shape index (κ3) is 3.36. The predicted molar refractivity (Wildman–Crippen MR) is 101 cm³/mol. The first-order valence-electron chi connectivity index (χ1n) is 7.98. The number of hydrogen-bond acceptors (Lipinski definition) is 6. The van der Waals surface area contributed by atoms with Crippen LogP contribution in [-0.2, 0) is 6.42 Å². The molecule has 8 heteroatoms. The number of aromatic amines is 1. The van der Waals surface area contributed by atoms with E-state index >= 15 is 0 Å². The minimum Gasteiger partial charge on any atom is -0.436 e. The Morgan fingerprint density at radius 3 is 2.62 bits per heavy atom. The number of halogens is 1. The van der Waals surface area contributed by atoms with Crippen LogP contribution in [0.3, 0.4) is 0 Å². The van der Waals surface area contributed by atoms with Crippen molar-refractivity contribution >= 4 is 34.4 Å². The Hall–Kier alpha value is -2.64. The Kier molecular flexibility index (Phi) is 4.73. The molecule has 0 fully saturated rings. The van der Waals surface area contributed by atoms with Crippen LogP contribution in [0, 0.1) is 0 Å². The van der Waals surface area contributed by atoms with Crippen LogP contribution in [0.4, 0.5) is 0 Å². The maximum Gasteiger partial charge on any atom is 0.234 e. The zero-order chi connectivity index (χ0) is 17.9. The van der Waals surface area contributed by atoms with E-state index < -0.39 is 0 Å². The summed E-state index contributed by atoms with van der Waals surface area (Å²) in [6.45, 7) is 2.02. The fourth-order valence-corrected chi connectivity index (χ4v) is 3.54. The van der Waals surface area contributed by atoms with Crippen LogP contribution in [-0.4, -0.2) is 24.9 Å². The van der Waals surface area contributed by atoms with Crippen molar-refractivity contribution < 1.29 is 4.74 Å². The third-order valence-electron chi connectivity index (χ3n) is 3.66. The highest BCUT2D eigenvalue weighted by atomic mass is 35.5. The molecule has 0 atom stereocenters. The van der Waals surface area contributed by atoms with Crippen molar-refractivity contribution in [3.63, 3.8) is 0 Å². The summed E-state index contributed by atoms with van der Waals surface area (Å²) in [6.07, 6.45) is 7.56. The quantitative estimate of drug-likeness (QED) is 0.493. The molecule has 0 unspecified atom stereocenters. The fraction of sp³-hybridized carbons (Fsp3) is 0.111. The monoisotopic (exact) mass is 383 g/mol. The molecule has 26 heavy (non-hydrogen) atoms. The average molecular weight is 384 g/mol. The molecule has 6 nitrogen and oxygen atoms in total. The summed E-state index contributed by atoms with van der Waals surface area (Å²) in [5.74, 6) is 0.982. The zero-order valence-corrected chi connectivity index (χ0v) is 15.4. The van der Waals surface area contributed by atoms with Crippen molar-refractivity contribution in [2.75, 3.05) is 0 Å². The van der Waals surface area contributed by atoms with Gasteiger partial charge in [0.25, 0.3) is 0 Å². The van der Waals surface area contributed by atoms with Crippen molar-refractivity contribution in [3.05, 3.63) is 59.8 Å². The van der Waals surface area contributed by atoms with Crippen LogP contribution in [0.15, 0.2) is 59.1 Å². The largest absolute Gasteiger partial charge is 0.436 e. The van der Waals surface area contributed by atoms with Gasteiger partial charge >= 0.3 is 0 Å². The standard InChI is InChI=1S/C18H14ClN5OS/c1-2-13-15(19)14-16(22-13)23-18(26-12-6-4-8-21-10-12)24-17(14)25-11-5-3-7-20-9-11/h3-10H,2H2,1H3,(H,22,23,24). The molecule has 0 aromatic carbocycles. The molecule has 130 valence electrons. The van der Waals surface area contributed by atoms with Crippen LogP contribution >= 0.6 is 23.4 Å². The number of aryl methyl sites for hydroxylation is 1. The molecule has 0 saturated heterocycles. The molecule has 4 rings (SSSR count). The van der Waals surface area contributed by atoms with Gasteiger partial charge in [0.2, 0.25) is 5.88 Å². The first-order chi connectivity index (χ1) is 12.7. The van der Waals surface area contributed by atoms with Crippen LogP contribution in [0.1, 0.15) is 12.6 Å². The summed E-state index contributed by atoms with van der Waals surface area (Å²) in [6, 6.07) is 7.44. The minimum absolute atomic E-state index is 0.398. The maximum absolute atomic E-state index is 6.52. The van der Waals surface area contributed by atoms with Crippen LogP contribution in [0.5, 0.6) is 11.6 Å². The lowest BCUT2D eigenvalue weighted by atomic mass is 10.3. The van der Waals surface area contributed by atoms with Gasteiger partial charge in [-0.2, -0.15) is 4.98 Å². The van der Waals surface area contributed by atoms with E-state index in [1.807, 2.05) is 25.1 Å². The molecular weight excluding hydrogens is 370 g/mol. The van der Waals surface area contributed by atoms with Gasteiger partial charge in [-0.05, 0) is 42.4 Å². The van der Waals surface area contributed by atoms with Crippen LogP contribution in [0.2, 0.25) is 5.02 Å². The van der Waals surface area contributed by atoms with Gasteiger partial charge in [-0.15, -0.1) is 0 Å². The fourth-order valence-electron chi connectivity index (χ4n) is 2.45. The van der Waals surface area contributed by atoms with Gasteiger partial charge in [0.1, 0.15) is 16.8 Å². The first-order valence-corrected chi connectivity index (χ1v) is 9.18. The number of nitrogens with zero attached hydrogens (tertiary/aromatic N) is 4. The van der Waals surface area contributed by atoms with E-state index in [4.69, 9.17) is 16.3 Å². The molecule has 0 bridgehead atoms. The van der Waals surface area contributed by atoms with Gasteiger partial charge in [-0.25, -0.2) is 4.98 Å². The molecule has 0 radical (unpaired) electrons. The van der Waals surface area contributed by atoms with Crippen molar-refractivity contribution in [3.8, 4) is 11.6 Å². The van der Waals surface area contributed by atoms with Gasteiger partial charge < -0.3 is 9.72 Å². The predicted octanol–water partition coefficient (Wildman–Crippen LogP) is 4.91. The number of rotatable bonds is 5. The van der Waals surface area contributed by atoms with Crippen LogP contribution in [0.25, 0.3) is 11.0 Å². The molecule has 0 amide bonds. The number of pyridine rings is 2. The lowest BCUT2D eigenvalue weighted by Gasteiger charge is -2.07. The molecule has 0 saturated carbocycles. The summed E-state index contributed by atoms with van der Waals surface area (Å²) >= 11 is 7.92. The summed E-state index contributed by atoms with van der Waals surface area (Å²) in [7, 11) is 0. The smallest absolute Gasteiger partial charge is 0.234 e. The van der Waals surface area contributed by atoms with Crippen molar-refractivity contribution in [2.24, 2.45) is 0 Å². The molecule has 0 spiro atoms. The Morgan fingerprint density at radius 2 is 1.92 bits per heavy atom. The van der Waals surface area contributed by atoms with Gasteiger partial charge in [0, 0.05) is 29.2 Å². The third-order valence-corrected chi connectivity index (χ3v) is 4.91. The highest BCUT2D eigenvalue weighted by molar-refractivity contribution is 7.99. The van der Waals surface area contributed by atoms with Crippen molar-refractivity contribution in [1.29, 1.82) is 0 Å². The summed E-state index contributed by atoms with van der Waals surface area (Å²) < 4.78 is 5.96. The Morgan fingerprint density at radius 1 is 1.12 bits per heavy atom. The zero-order valence-electron chi connectivity index (χ0n) is 13.8. The molecular formula is C18H14ClN5OS. The van der Waals surface area contributed by atoms with E-state index in [0.717, 1.165) is 17.0 Å². The maximum atomic E-state index is 6.52. The number of hydrogen-bond donors (Lipinski definition) is 1. The first kappa shape index (κ1) is 16.8. The Labute approximate surface area is 159 Å². The van der Waals surface area contributed by atoms with Crippen molar-refractivity contribution in [2.45, 2.75) is 23.4 Å².